The van der Waals surface area contributed by atoms with E-state index in [2.05, 4.69) is 5.10 Å². The van der Waals surface area contributed by atoms with Crippen LogP contribution >= 0.6 is 11.6 Å². The van der Waals surface area contributed by atoms with E-state index in [1.807, 2.05) is 31.2 Å². The molecule has 0 saturated heterocycles. The fraction of sp³-hybridized carbons (Fsp3) is 0.333. The zero-order valence-electron chi connectivity index (χ0n) is 12.4. The maximum Gasteiger partial charge on any atom is 0.274 e. The number of rotatable bonds is 4. The number of hydrogen-bond donors (Lipinski definition) is 1. The minimum atomic E-state index is -0.158. The van der Waals surface area contributed by atoms with Gasteiger partial charge < -0.3 is 10.6 Å². The van der Waals surface area contributed by atoms with Gasteiger partial charge in [0.05, 0.1) is 11.4 Å². The van der Waals surface area contributed by atoms with Crippen molar-refractivity contribution in [2.75, 3.05) is 12.8 Å². The number of benzene rings is 1. The van der Waals surface area contributed by atoms with Gasteiger partial charge in [-0.25, -0.2) is 0 Å². The number of carbonyl (C=O) groups excluding carboxylic acids is 1. The summed E-state index contributed by atoms with van der Waals surface area (Å²) in [5.74, 6) is -0.158. The first kappa shape index (κ1) is 15.4. The van der Waals surface area contributed by atoms with Gasteiger partial charge in [-0.1, -0.05) is 29.8 Å². The summed E-state index contributed by atoms with van der Waals surface area (Å²) in [4.78, 5) is 14.2. The number of anilines is 1. The largest absolute Gasteiger partial charge is 0.395 e. The Balaban J connectivity index is 2.26. The topological polar surface area (TPSA) is 64.2 Å². The van der Waals surface area contributed by atoms with Gasteiger partial charge in [0.1, 0.15) is 5.69 Å². The fourth-order valence-corrected chi connectivity index (χ4v) is 2.38. The van der Waals surface area contributed by atoms with Crippen LogP contribution < -0.4 is 5.73 Å². The van der Waals surface area contributed by atoms with Crippen LogP contribution in [0.15, 0.2) is 24.3 Å². The highest BCUT2D eigenvalue weighted by Gasteiger charge is 2.22. The second kappa shape index (κ2) is 6.18. The molecule has 1 aromatic carbocycles. The van der Waals surface area contributed by atoms with Gasteiger partial charge in [0, 0.05) is 25.2 Å². The number of nitrogens with zero attached hydrogens (tertiary/aromatic N) is 3. The van der Waals surface area contributed by atoms with Gasteiger partial charge in [0.25, 0.3) is 5.91 Å². The van der Waals surface area contributed by atoms with Crippen LogP contribution in [0.2, 0.25) is 5.02 Å². The van der Waals surface area contributed by atoms with Crippen LogP contribution in [0.1, 0.15) is 28.7 Å². The highest BCUT2D eigenvalue weighted by Crippen LogP contribution is 2.21. The molecule has 21 heavy (non-hydrogen) atoms. The lowest BCUT2D eigenvalue weighted by atomic mass is 10.2. The molecule has 1 aromatic heterocycles. The molecule has 0 unspecified atom stereocenters. The maximum absolute atomic E-state index is 12.6. The van der Waals surface area contributed by atoms with E-state index in [4.69, 9.17) is 17.3 Å². The summed E-state index contributed by atoms with van der Waals surface area (Å²) >= 11 is 6.13. The smallest absolute Gasteiger partial charge is 0.274 e. The number of nitrogen functional groups attached to an aromatic ring is 1. The summed E-state index contributed by atoms with van der Waals surface area (Å²) in [5, 5.41) is 4.92. The van der Waals surface area contributed by atoms with E-state index in [0.717, 1.165) is 5.56 Å². The monoisotopic (exact) mass is 306 g/mol. The van der Waals surface area contributed by atoms with Gasteiger partial charge in [0.15, 0.2) is 0 Å². The van der Waals surface area contributed by atoms with Crippen LogP contribution in [0, 0.1) is 6.92 Å². The van der Waals surface area contributed by atoms with Gasteiger partial charge in [-0.05, 0) is 25.5 Å². The third-order valence-corrected chi connectivity index (χ3v) is 3.76. The molecule has 2 rings (SSSR count). The van der Waals surface area contributed by atoms with Crippen LogP contribution in [0.4, 0.5) is 5.69 Å². The summed E-state index contributed by atoms with van der Waals surface area (Å²) < 4.78 is 1.64. The van der Waals surface area contributed by atoms with Gasteiger partial charge >= 0.3 is 0 Å². The Labute approximate surface area is 129 Å². The van der Waals surface area contributed by atoms with Crippen molar-refractivity contribution < 1.29 is 4.79 Å². The van der Waals surface area contributed by atoms with E-state index in [0.29, 0.717) is 35.2 Å². The average molecular weight is 307 g/mol. The third-order valence-electron chi connectivity index (χ3n) is 3.39. The first-order valence-corrected chi connectivity index (χ1v) is 7.15. The van der Waals surface area contributed by atoms with Crippen molar-refractivity contribution >= 4 is 23.2 Å². The van der Waals surface area contributed by atoms with Crippen molar-refractivity contribution in [2.45, 2.75) is 26.9 Å². The molecule has 5 nitrogen and oxygen atoms in total. The van der Waals surface area contributed by atoms with Crippen molar-refractivity contribution in [2.24, 2.45) is 0 Å². The SMILES string of the molecule is CCn1nc(C)c(N)c1C(=O)N(C)Cc1ccccc1Cl. The summed E-state index contributed by atoms with van der Waals surface area (Å²) in [7, 11) is 1.73. The molecule has 0 bridgehead atoms. The molecule has 0 aliphatic carbocycles. The molecule has 0 spiro atoms. The van der Waals surface area contributed by atoms with Gasteiger partial charge in [-0.15, -0.1) is 0 Å². The van der Waals surface area contributed by atoms with E-state index in [1.54, 1.807) is 23.6 Å². The molecular weight excluding hydrogens is 288 g/mol. The Morgan fingerprint density at radius 2 is 2.10 bits per heavy atom. The minimum absolute atomic E-state index is 0.158. The van der Waals surface area contributed by atoms with E-state index >= 15 is 0 Å². The average Bonchev–Trinajstić information content (AvgIpc) is 2.76. The summed E-state index contributed by atoms with van der Waals surface area (Å²) in [6, 6.07) is 7.47. The van der Waals surface area contributed by atoms with Crippen molar-refractivity contribution in [3.63, 3.8) is 0 Å². The molecule has 2 aromatic rings. The number of halogens is 1. The fourth-order valence-electron chi connectivity index (χ4n) is 2.18. The number of nitrogens with two attached hydrogens (primary N) is 1. The Kier molecular flexibility index (Phi) is 4.53. The van der Waals surface area contributed by atoms with E-state index < -0.39 is 0 Å². The quantitative estimate of drug-likeness (QED) is 0.944. The second-order valence-corrected chi connectivity index (χ2v) is 5.32. The molecule has 0 aliphatic heterocycles. The highest BCUT2D eigenvalue weighted by atomic mass is 35.5. The summed E-state index contributed by atoms with van der Waals surface area (Å²) in [5.41, 5.74) is 8.43. The molecule has 0 aliphatic rings. The van der Waals surface area contributed by atoms with Crippen molar-refractivity contribution in [1.29, 1.82) is 0 Å². The Morgan fingerprint density at radius 3 is 2.71 bits per heavy atom. The molecule has 0 fully saturated rings. The van der Waals surface area contributed by atoms with Crippen molar-refractivity contribution in [3.8, 4) is 0 Å². The van der Waals surface area contributed by atoms with Crippen molar-refractivity contribution in [1.82, 2.24) is 14.7 Å². The molecule has 1 amide bonds. The van der Waals surface area contributed by atoms with Crippen LogP contribution in [0.25, 0.3) is 0 Å². The van der Waals surface area contributed by atoms with Crippen LogP contribution in [-0.4, -0.2) is 27.6 Å². The third kappa shape index (κ3) is 3.03. The lowest BCUT2D eigenvalue weighted by molar-refractivity contribution is 0.0774. The molecule has 0 atom stereocenters. The predicted octanol–water partition coefficient (Wildman–Crippen LogP) is 2.72. The van der Waals surface area contributed by atoms with Crippen molar-refractivity contribution in [3.05, 3.63) is 46.2 Å². The molecule has 2 N–H and O–H groups in total. The lowest BCUT2D eigenvalue weighted by Crippen LogP contribution is -2.29. The number of hydrogen-bond acceptors (Lipinski definition) is 3. The number of aromatic nitrogens is 2. The Hall–Kier alpha value is -2.01. The number of amides is 1. The zero-order valence-corrected chi connectivity index (χ0v) is 13.2. The predicted molar refractivity (Wildman–Crippen MR) is 84.3 cm³/mol. The Morgan fingerprint density at radius 1 is 1.43 bits per heavy atom. The summed E-state index contributed by atoms with van der Waals surface area (Å²) in [6.07, 6.45) is 0. The van der Waals surface area contributed by atoms with Crippen LogP contribution in [0.3, 0.4) is 0 Å². The molecule has 112 valence electrons. The van der Waals surface area contributed by atoms with E-state index in [9.17, 15) is 4.79 Å². The molecule has 0 saturated carbocycles. The highest BCUT2D eigenvalue weighted by molar-refractivity contribution is 6.31. The number of carbonyl (C=O) groups is 1. The minimum Gasteiger partial charge on any atom is -0.395 e. The summed E-state index contributed by atoms with van der Waals surface area (Å²) in [6.45, 7) is 4.74. The standard InChI is InChI=1S/C15H19ClN4O/c1-4-20-14(13(17)10(2)18-20)15(21)19(3)9-11-7-5-6-8-12(11)16/h5-8H,4,9,17H2,1-3H3. The normalized spacial score (nSPS) is 10.7. The molecule has 0 radical (unpaired) electrons. The van der Waals surface area contributed by atoms with Gasteiger partial charge in [0.2, 0.25) is 0 Å². The molecule has 1 heterocycles. The second-order valence-electron chi connectivity index (χ2n) is 4.92. The molecule has 6 heteroatoms. The van der Waals surface area contributed by atoms with E-state index in [-0.39, 0.29) is 5.91 Å². The van der Waals surface area contributed by atoms with E-state index in [1.165, 1.54) is 0 Å². The van der Waals surface area contributed by atoms with Crippen LogP contribution in [-0.2, 0) is 13.1 Å². The van der Waals surface area contributed by atoms with Gasteiger partial charge in [-0.2, -0.15) is 5.10 Å². The van der Waals surface area contributed by atoms with Gasteiger partial charge in [-0.3, -0.25) is 9.48 Å². The molecular formula is C15H19ClN4O. The number of aryl methyl sites for hydroxylation is 2. The van der Waals surface area contributed by atoms with Crippen LogP contribution in [0.5, 0.6) is 0 Å². The maximum atomic E-state index is 12.6. The first-order valence-electron chi connectivity index (χ1n) is 6.77. The zero-order chi connectivity index (χ0) is 15.6. The Bertz CT molecular complexity index is 666. The lowest BCUT2D eigenvalue weighted by Gasteiger charge is -2.18. The first-order chi connectivity index (χ1) is 9.95.